The monoisotopic (exact) mass is 262 g/mol. The molecule has 0 fully saturated rings. The van der Waals surface area contributed by atoms with Crippen molar-refractivity contribution in [3.63, 3.8) is 0 Å². The van der Waals surface area contributed by atoms with E-state index in [4.69, 9.17) is 0 Å². The molecule has 0 saturated carbocycles. The van der Waals surface area contributed by atoms with Gasteiger partial charge in [0.1, 0.15) is 0 Å². The summed E-state index contributed by atoms with van der Waals surface area (Å²) < 4.78 is 1.38. The molecule has 98 valence electrons. The fourth-order valence-electron chi connectivity index (χ4n) is 2.03. The molecule has 0 aliphatic heterocycles. The van der Waals surface area contributed by atoms with Crippen molar-refractivity contribution in [1.82, 2.24) is 10.2 Å². The van der Waals surface area contributed by atoms with E-state index >= 15 is 0 Å². The Balaban J connectivity index is 1.90. The van der Waals surface area contributed by atoms with Crippen LogP contribution in [0.25, 0.3) is 10.1 Å². The number of hydrogen-bond donors (Lipinski definition) is 1. The van der Waals surface area contributed by atoms with Crippen molar-refractivity contribution in [3.8, 4) is 0 Å². The first-order chi connectivity index (χ1) is 8.66. The van der Waals surface area contributed by atoms with Gasteiger partial charge in [-0.3, -0.25) is 0 Å². The maximum Gasteiger partial charge on any atom is 0.0386 e. The maximum absolute atomic E-state index is 3.60. The topological polar surface area (TPSA) is 15.3 Å². The molecular weight excluding hydrogens is 240 g/mol. The summed E-state index contributed by atoms with van der Waals surface area (Å²) in [6.45, 7) is 4.47. The third kappa shape index (κ3) is 3.55. The second kappa shape index (κ2) is 6.32. The number of rotatable bonds is 6. The zero-order valence-electron chi connectivity index (χ0n) is 11.4. The second-order valence-corrected chi connectivity index (χ2v) is 6.13. The number of thiophene rings is 1. The van der Waals surface area contributed by atoms with Crippen molar-refractivity contribution in [2.75, 3.05) is 27.2 Å². The predicted octanol–water partition coefficient (Wildman–Crippen LogP) is 3.50. The molecule has 0 aliphatic carbocycles. The lowest BCUT2D eigenvalue weighted by atomic mass is 10.2. The van der Waals surface area contributed by atoms with Gasteiger partial charge < -0.3 is 10.2 Å². The third-order valence-electron chi connectivity index (χ3n) is 3.10. The van der Waals surface area contributed by atoms with Crippen LogP contribution in [-0.4, -0.2) is 32.1 Å². The van der Waals surface area contributed by atoms with Gasteiger partial charge in [-0.05, 0) is 58.0 Å². The highest BCUT2D eigenvalue weighted by Crippen LogP contribution is 2.29. The Morgan fingerprint density at radius 1 is 1.28 bits per heavy atom. The molecule has 0 spiro atoms. The SMILES string of the molecule is CC(NCCCN(C)C)c1cc2ccccc2s1. The van der Waals surface area contributed by atoms with Crippen molar-refractivity contribution in [1.29, 1.82) is 0 Å². The number of benzene rings is 1. The van der Waals surface area contributed by atoms with Crippen LogP contribution in [0.5, 0.6) is 0 Å². The molecule has 2 aromatic rings. The second-order valence-electron chi connectivity index (χ2n) is 5.02. The summed E-state index contributed by atoms with van der Waals surface area (Å²) in [6.07, 6.45) is 1.20. The zero-order chi connectivity index (χ0) is 13.0. The van der Waals surface area contributed by atoms with Crippen molar-refractivity contribution in [2.45, 2.75) is 19.4 Å². The molecule has 0 amide bonds. The molecule has 0 saturated heterocycles. The van der Waals surface area contributed by atoms with E-state index in [0.29, 0.717) is 6.04 Å². The molecule has 1 heterocycles. The Hall–Kier alpha value is -0.900. The van der Waals surface area contributed by atoms with Gasteiger partial charge >= 0.3 is 0 Å². The van der Waals surface area contributed by atoms with Gasteiger partial charge in [0.25, 0.3) is 0 Å². The number of nitrogens with zero attached hydrogens (tertiary/aromatic N) is 1. The quantitative estimate of drug-likeness (QED) is 0.802. The van der Waals surface area contributed by atoms with Gasteiger partial charge in [-0.15, -0.1) is 11.3 Å². The van der Waals surface area contributed by atoms with Crippen LogP contribution in [0.3, 0.4) is 0 Å². The van der Waals surface area contributed by atoms with Crippen LogP contribution < -0.4 is 5.32 Å². The molecule has 1 atom stereocenters. The molecule has 1 aromatic carbocycles. The van der Waals surface area contributed by atoms with Crippen molar-refractivity contribution < 1.29 is 0 Å². The Morgan fingerprint density at radius 3 is 2.78 bits per heavy atom. The third-order valence-corrected chi connectivity index (χ3v) is 4.40. The number of hydrogen-bond acceptors (Lipinski definition) is 3. The number of nitrogens with one attached hydrogen (secondary N) is 1. The highest BCUT2D eigenvalue weighted by atomic mass is 32.1. The predicted molar refractivity (Wildman–Crippen MR) is 81.4 cm³/mol. The molecule has 0 radical (unpaired) electrons. The van der Waals surface area contributed by atoms with E-state index in [9.17, 15) is 0 Å². The van der Waals surface area contributed by atoms with E-state index in [1.807, 2.05) is 11.3 Å². The van der Waals surface area contributed by atoms with Gasteiger partial charge in [0.15, 0.2) is 0 Å². The summed E-state index contributed by atoms with van der Waals surface area (Å²) in [5.74, 6) is 0. The van der Waals surface area contributed by atoms with E-state index in [1.54, 1.807) is 0 Å². The first-order valence-corrected chi connectivity index (χ1v) is 7.35. The Morgan fingerprint density at radius 2 is 2.06 bits per heavy atom. The summed E-state index contributed by atoms with van der Waals surface area (Å²) in [7, 11) is 4.24. The van der Waals surface area contributed by atoms with E-state index in [0.717, 1.165) is 13.1 Å². The minimum Gasteiger partial charge on any atom is -0.309 e. The summed E-state index contributed by atoms with van der Waals surface area (Å²) in [5, 5.41) is 4.96. The van der Waals surface area contributed by atoms with Crippen molar-refractivity contribution in [2.24, 2.45) is 0 Å². The first-order valence-electron chi connectivity index (χ1n) is 6.53. The standard InChI is InChI=1S/C15H22N2S/c1-12(16-9-6-10-17(2)3)15-11-13-7-4-5-8-14(13)18-15/h4-5,7-8,11-12,16H,6,9-10H2,1-3H3. The normalized spacial score (nSPS) is 13.3. The largest absolute Gasteiger partial charge is 0.309 e. The Kier molecular flexibility index (Phi) is 4.75. The highest BCUT2D eigenvalue weighted by Gasteiger charge is 2.08. The molecule has 1 N–H and O–H groups in total. The van der Waals surface area contributed by atoms with E-state index in [2.05, 4.69) is 61.6 Å². The average Bonchev–Trinajstić information content (AvgIpc) is 2.78. The summed E-state index contributed by atoms with van der Waals surface area (Å²) >= 11 is 1.90. The lowest BCUT2D eigenvalue weighted by Crippen LogP contribution is -2.23. The van der Waals surface area contributed by atoms with E-state index in [-0.39, 0.29) is 0 Å². The first kappa shape index (κ1) is 13.5. The van der Waals surface area contributed by atoms with Gasteiger partial charge in [-0.25, -0.2) is 0 Å². The lowest BCUT2D eigenvalue weighted by Gasteiger charge is -2.13. The molecule has 2 rings (SSSR count). The van der Waals surface area contributed by atoms with Crippen molar-refractivity contribution >= 4 is 21.4 Å². The average molecular weight is 262 g/mol. The van der Waals surface area contributed by atoms with Crippen LogP contribution in [0.2, 0.25) is 0 Å². The zero-order valence-corrected chi connectivity index (χ0v) is 12.3. The molecule has 3 heteroatoms. The minimum atomic E-state index is 0.449. The maximum atomic E-state index is 3.60. The van der Waals surface area contributed by atoms with Crippen LogP contribution in [-0.2, 0) is 0 Å². The fourth-order valence-corrected chi connectivity index (χ4v) is 3.12. The molecule has 0 aliphatic rings. The van der Waals surface area contributed by atoms with Crippen LogP contribution in [0.4, 0.5) is 0 Å². The minimum absolute atomic E-state index is 0.449. The molecule has 18 heavy (non-hydrogen) atoms. The number of fused-ring (bicyclic) bond motifs is 1. The molecule has 1 aromatic heterocycles. The Bertz CT molecular complexity index is 457. The van der Waals surface area contributed by atoms with Gasteiger partial charge in [0.05, 0.1) is 0 Å². The molecule has 1 unspecified atom stereocenters. The summed E-state index contributed by atoms with van der Waals surface area (Å²) in [5.41, 5.74) is 0. The van der Waals surface area contributed by atoms with Gasteiger partial charge in [-0.2, -0.15) is 0 Å². The Labute approximate surface area is 114 Å². The van der Waals surface area contributed by atoms with Crippen LogP contribution in [0, 0.1) is 0 Å². The van der Waals surface area contributed by atoms with E-state index < -0.39 is 0 Å². The van der Waals surface area contributed by atoms with Gasteiger partial charge in [0.2, 0.25) is 0 Å². The molecular formula is C15H22N2S. The van der Waals surface area contributed by atoms with Crippen LogP contribution >= 0.6 is 11.3 Å². The fraction of sp³-hybridized carbons (Fsp3) is 0.467. The smallest absolute Gasteiger partial charge is 0.0386 e. The summed E-state index contributed by atoms with van der Waals surface area (Å²) in [6, 6.07) is 11.4. The molecule has 2 nitrogen and oxygen atoms in total. The van der Waals surface area contributed by atoms with Crippen LogP contribution in [0.1, 0.15) is 24.3 Å². The van der Waals surface area contributed by atoms with Gasteiger partial charge in [-0.1, -0.05) is 18.2 Å². The lowest BCUT2D eigenvalue weighted by molar-refractivity contribution is 0.389. The van der Waals surface area contributed by atoms with E-state index in [1.165, 1.54) is 21.4 Å². The van der Waals surface area contributed by atoms with Gasteiger partial charge in [0, 0.05) is 15.6 Å². The highest BCUT2D eigenvalue weighted by molar-refractivity contribution is 7.19. The summed E-state index contributed by atoms with van der Waals surface area (Å²) in [4.78, 5) is 3.66. The molecule has 0 bridgehead atoms. The van der Waals surface area contributed by atoms with Crippen molar-refractivity contribution in [3.05, 3.63) is 35.2 Å². The van der Waals surface area contributed by atoms with Crippen LogP contribution in [0.15, 0.2) is 30.3 Å².